The molecule has 0 bridgehead atoms. The fourth-order valence-corrected chi connectivity index (χ4v) is 2.57. The van der Waals surface area contributed by atoms with Gasteiger partial charge in [0.25, 0.3) is 5.69 Å². The molecule has 0 radical (unpaired) electrons. The van der Waals surface area contributed by atoms with Gasteiger partial charge in [-0.3, -0.25) is 10.1 Å². The molecule has 1 aromatic carbocycles. The Morgan fingerprint density at radius 2 is 2.33 bits per heavy atom. The van der Waals surface area contributed by atoms with Gasteiger partial charge in [0, 0.05) is 32.3 Å². The highest BCUT2D eigenvalue weighted by atomic mass is 16.6. The second-order valence-corrected chi connectivity index (χ2v) is 5.23. The number of ether oxygens (including phenoxy) is 1. The highest BCUT2D eigenvalue weighted by Gasteiger charge is 2.21. The van der Waals surface area contributed by atoms with Gasteiger partial charge < -0.3 is 14.7 Å². The van der Waals surface area contributed by atoms with Gasteiger partial charge in [0.2, 0.25) is 0 Å². The summed E-state index contributed by atoms with van der Waals surface area (Å²) in [7, 11) is 1.75. The summed E-state index contributed by atoms with van der Waals surface area (Å²) in [5, 5.41) is 20.1. The summed E-state index contributed by atoms with van der Waals surface area (Å²) in [6.07, 6.45) is 2.00. The number of non-ortho nitro benzene ring substituents is 1. The van der Waals surface area contributed by atoms with E-state index in [1.54, 1.807) is 11.9 Å². The molecule has 114 valence electrons. The van der Waals surface area contributed by atoms with Gasteiger partial charge in [-0.1, -0.05) is 0 Å². The number of nitro benzene ring substituents is 1. The predicted molar refractivity (Wildman–Crippen MR) is 76.9 cm³/mol. The third-order valence-corrected chi connectivity index (χ3v) is 3.62. The number of carboxylic acids is 1. The number of hydrogen-bond acceptors (Lipinski definition) is 5. The lowest BCUT2D eigenvalue weighted by atomic mass is 10.0. The van der Waals surface area contributed by atoms with Crippen LogP contribution in [0.5, 0.6) is 0 Å². The van der Waals surface area contributed by atoms with E-state index >= 15 is 0 Å². The average Bonchev–Trinajstić information content (AvgIpc) is 2.47. The van der Waals surface area contributed by atoms with Gasteiger partial charge in [-0.25, -0.2) is 4.79 Å². The van der Waals surface area contributed by atoms with E-state index in [0.29, 0.717) is 24.8 Å². The zero-order valence-electron chi connectivity index (χ0n) is 11.8. The van der Waals surface area contributed by atoms with Gasteiger partial charge in [0.1, 0.15) is 0 Å². The third-order valence-electron chi connectivity index (χ3n) is 3.62. The van der Waals surface area contributed by atoms with Gasteiger partial charge in [0.05, 0.1) is 22.8 Å². The van der Waals surface area contributed by atoms with Crippen LogP contribution in [0.25, 0.3) is 0 Å². The lowest BCUT2D eigenvalue weighted by molar-refractivity contribution is -0.384. The monoisotopic (exact) mass is 294 g/mol. The van der Waals surface area contributed by atoms with E-state index in [-0.39, 0.29) is 11.3 Å². The minimum Gasteiger partial charge on any atom is -0.478 e. The van der Waals surface area contributed by atoms with Crippen molar-refractivity contribution in [2.75, 3.05) is 31.7 Å². The Kier molecular flexibility index (Phi) is 4.74. The largest absolute Gasteiger partial charge is 0.478 e. The Morgan fingerprint density at radius 3 is 2.90 bits per heavy atom. The molecular weight excluding hydrogens is 276 g/mol. The predicted octanol–water partition coefficient (Wildman–Crippen LogP) is 2.16. The van der Waals surface area contributed by atoms with Crippen LogP contribution in [0, 0.1) is 16.0 Å². The van der Waals surface area contributed by atoms with Crippen molar-refractivity contribution in [1.82, 2.24) is 0 Å². The van der Waals surface area contributed by atoms with Crippen LogP contribution in [0.1, 0.15) is 23.2 Å². The van der Waals surface area contributed by atoms with E-state index in [0.717, 1.165) is 19.4 Å². The van der Waals surface area contributed by atoms with Crippen LogP contribution in [0.3, 0.4) is 0 Å². The normalized spacial score (nSPS) is 18.2. The molecule has 1 aliphatic heterocycles. The SMILES string of the molecule is CN(CC1CCCOC1)c1cc([N+](=O)[O-])ccc1C(=O)O. The number of carboxylic acid groups (broad SMARTS) is 1. The first kappa shape index (κ1) is 15.2. The summed E-state index contributed by atoms with van der Waals surface area (Å²) in [4.78, 5) is 23.4. The summed E-state index contributed by atoms with van der Waals surface area (Å²) in [6, 6.07) is 3.81. The maximum atomic E-state index is 11.3. The number of anilines is 1. The lowest BCUT2D eigenvalue weighted by Crippen LogP contribution is -2.31. The highest BCUT2D eigenvalue weighted by molar-refractivity contribution is 5.95. The molecule has 0 aromatic heterocycles. The van der Waals surface area contributed by atoms with Gasteiger partial charge in [-0.15, -0.1) is 0 Å². The quantitative estimate of drug-likeness (QED) is 0.660. The minimum atomic E-state index is -1.09. The molecule has 1 aromatic rings. The molecular formula is C14H18N2O5. The van der Waals surface area contributed by atoms with E-state index in [4.69, 9.17) is 4.74 Å². The van der Waals surface area contributed by atoms with Crippen LogP contribution in [-0.2, 0) is 4.74 Å². The second-order valence-electron chi connectivity index (χ2n) is 5.23. The molecule has 1 fully saturated rings. The van der Waals surface area contributed by atoms with Crippen LogP contribution in [0.2, 0.25) is 0 Å². The molecule has 2 rings (SSSR count). The van der Waals surface area contributed by atoms with Gasteiger partial charge in [0.15, 0.2) is 0 Å². The fraction of sp³-hybridized carbons (Fsp3) is 0.500. The fourth-order valence-electron chi connectivity index (χ4n) is 2.57. The standard InChI is InChI=1S/C14H18N2O5/c1-15(8-10-3-2-6-21-9-10)13-7-11(16(19)20)4-5-12(13)14(17)18/h4-5,7,10H,2-3,6,8-9H2,1H3,(H,17,18). The summed E-state index contributed by atoms with van der Waals surface area (Å²) >= 11 is 0. The maximum absolute atomic E-state index is 11.3. The van der Waals surface area contributed by atoms with Crippen LogP contribution >= 0.6 is 0 Å². The average molecular weight is 294 g/mol. The lowest BCUT2D eigenvalue weighted by Gasteiger charge is -2.29. The molecule has 1 atom stereocenters. The van der Waals surface area contributed by atoms with Crippen molar-refractivity contribution >= 4 is 17.3 Å². The highest BCUT2D eigenvalue weighted by Crippen LogP contribution is 2.27. The Bertz CT molecular complexity index is 540. The van der Waals surface area contributed by atoms with E-state index in [9.17, 15) is 20.0 Å². The molecule has 1 aliphatic rings. The van der Waals surface area contributed by atoms with Crippen molar-refractivity contribution in [3.63, 3.8) is 0 Å². The van der Waals surface area contributed by atoms with E-state index in [1.165, 1.54) is 18.2 Å². The molecule has 7 heteroatoms. The van der Waals surface area contributed by atoms with Crippen LogP contribution < -0.4 is 4.90 Å². The van der Waals surface area contributed by atoms with Gasteiger partial charge in [-0.2, -0.15) is 0 Å². The van der Waals surface area contributed by atoms with Crippen molar-refractivity contribution in [3.8, 4) is 0 Å². The van der Waals surface area contributed by atoms with Crippen LogP contribution in [0.15, 0.2) is 18.2 Å². The van der Waals surface area contributed by atoms with Crippen molar-refractivity contribution < 1.29 is 19.6 Å². The topological polar surface area (TPSA) is 92.9 Å². The maximum Gasteiger partial charge on any atom is 0.337 e. The molecule has 21 heavy (non-hydrogen) atoms. The zero-order valence-corrected chi connectivity index (χ0v) is 11.8. The Balaban J connectivity index is 2.23. The molecule has 0 saturated carbocycles. The molecule has 0 aliphatic carbocycles. The minimum absolute atomic E-state index is 0.0693. The first-order valence-corrected chi connectivity index (χ1v) is 6.79. The van der Waals surface area contributed by atoms with Crippen molar-refractivity contribution in [2.45, 2.75) is 12.8 Å². The molecule has 0 spiro atoms. The number of hydrogen-bond donors (Lipinski definition) is 1. The Morgan fingerprint density at radius 1 is 1.57 bits per heavy atom. The number of rotatable bonds is 5. The third kappa shape index (κ3) is 3.69. The number of aromatic carboxylic acids is 1. The molecule has 7 nitrogen and oxygen atoms in total. The van der Waals surface area contributed by atoms with E-state index < -0.39 is 10.9 Å². The van der Waals surface area contributed by atoms with Crippen molar-refractivity contribution in [3.05, 3.63) is 33.9 Å². The van der Waals surface area contributed by atoms with E-state index in [1.807, 2.05) is 0 Å². The Hall–Kier alpha value is -2.15. The first-order chi connectivity index (χ1) is 9.99. The van der Waals surface area contributed by atoms with Crippen molar-refractivity contribution in [2.24, 2.45) is 5.92 Å². The van der Waals surface area contributed by atoms with Crippen molar-refractivity contribution in [1.29, 1.82) is 0 Å². The first-order valence-electron chi connectivity index (χ1n) is 6.79. The Labute approximate surface area is 122 Å². The van der Waals surface area contributed by atoms with E-state index in [2.05, 4.69) is 0 Å². The zero-order chi connectivity index (χ0) is 15.4. The summed E-state index contributed by atoms with van der Waals surface area (Å²) in [5.41, 5.74) is 0.323. The van der Waals surface area contributed by atoms with Gasteiger partial charge >= 0.3 is 5.97 Å². The number of nitrogens with zero attached hydrogens (tertiary/aromatic N) is 2. The summed E-state index contributed by atoms with van der Waals surface area (Å²) in [6.45, 7) is 2.01. The second kappa shape index (κ2) is 6.53. The summed E-state index contributed by atoms with van der Waals surface area (Å²) in [5.74, 6) is -0.781. The molecule has 0 amide bonds. The van der Waals surface area contributed by atoms with Gasteiger partial charge in [-0.05, 0) is 24.8 Å². The summed E-state index contributed by atoms with van der Waals surface area (Å²) < 4.78 is 5.41. The molecule has 1 heterocycles. The molecule has 1 unspecified atom stereocenters. The molecule has 1 N–H and O–H groups in total. The molecule has 1 saturated heterocycles. The number of nitro groups is 1. The smallest absolute Gasteiger partial charge is 0.337 e. The number of carbonyl (C=O) groups is 1. The van der Waals surface area contributed by atoms with Crippen LogP contribution in [0.4, 0.5) is 11.4 Å². The van der Waals surface area contributed by atoms with Crippen LogP contribution in [-0.4, -0.2) is 42.8 Å². The number of benzene rings is 1.